The molecule has 8 fully saturated rings. The first-order valence-corrected chi connectivity index (χ1v) is 36.0. The molecule has 4 aromatic rings. The molecule has 8 heteroatoms. The molecule has 0 aromatic heterocycles. The van der Waals surface area contributed by atoms with E-state index in [1.54, 1.807) is 76.2 Å². The van der Waals surface area contributed by atoms with Gasteiger partial charge in [0.05, 0.1) is 0 Å². The van der Waals surface area contributed by atoms with Crippen LogP contribution in [-0.2, 0) is 0 Å². The van der Waals surface area contributed by atoms with Crippen LogP contribution in [0.5, 0.6) is 0 Å². The third-order valence-corrected chi connectivity index (χ3v) is 25.0. The molecule has 8 aliphatic carbocycles. The SMILES string of the molecule is Cc1ccc(C2CCC(C3CCC(C)CC3)CC2)c(F)c1F.Cc1ccc(C2CCC(C3CCC(C)CC3)CC2)c(F)c1F.Cc1ccc(C2CCC(C3CCC(C)CC3)CC2)c(F)c1F.Cc1ccc(C2CCC(C3CCC(C)CC3)CC2)c(F)c1F. The number of rotatable bonds is 8. The predicted molar refractivity (Wildman–Crippen MR) is 348 cm³/mol. The lowest BCUT2D eigenvalue weighted by molar-refractivity contribution is 0.164. The Morgan fingerprint density at radius 3 is 0.477 bits per heavy atom. The van der Waals surface area contributed by atoms with Crippen LogP contribution in [0.2, 0.25) is 0 Å². The first kappa shape index (κ1) is 68.7. The van der Waals surface area contributed by atoms with Gasteiger partial charge in [0.15, 0.2) is 46.5 Å². The summed E-state index contributed by atoms with van der Waals surface area (Å²) in [7, 11) is 0. The summed E-state index contributed by atoms with van der Waals surface area (Å²) in [5, 5.41) is 0. The normalized spacial score (nSPS) is 32.9. The standard InChI is InChI=1S/4C20H28F2/c4*1-13-3-6-15(7-4-13)16-8-10-17(11-9-16)18-12-5-14(2)19(21)20(18)22/h4*5,12-13,15-17H,3-4,6-11H2,1-2H3. The van der Waals surface area contributed by atoms with Crippen LogP contribution in [0.3, 0.4) is 0 Å². The third-order valence-electron chi connectivity index (χ3n) is 25.0. The van der Waals surface area contributed by atoms with Crippen molar-refractivity contribution in [2.24, 2.45) is 71.0 Å². The molecule has 0 bridgehead atoms. The molecule has 0 spiro atoms. The average Bonchev–Trinajstić information content (AvgIpc) is 2.99. The zero-order valence-corrected chi connectivity index (χ0v) is 55.5. The second-order valence-electron chi connectivity index (χ2n) is 30.9. The Kier molecular flexibility index (Phi) is 25.2. The fourth-order valence-electron chi connectivity index (χ4n) is 18.5. The summed E-state index contributed by atoms with van der Waals surface area (Å²) in [5.74, 6) is 6.28. The zero-order valence-electron chi connectivity index (χ0n) is 55.5. The number of benzene rings is 4. The second kappa shape index (κ2) is 32.2. The van der Waals surface area contributed by atoms with Gasteiger partial charge in [-0.3, -0.25) is 0 Å². The number of halogens is 8. The molecule has 0 atom stereocenters. The first-order chi connectivity index (χ1) is 42.2. The van der Waals surface area contributed by atoms with Gasteiger partial charge in [0.25, 0.3) is 0 Å². The highest BCUT2D eigenvalue weighted by atomic mass is 19.2. The fraction of sp³-hybridized carbons (Fsp3) is 0.700. The molecular formula is C80H112F8. The molecule has 0 unspecified atom stereocenters. The summed E-state index contributed by atoms with van der Waals surface area (Å²) in [6.45, 7) is 16.0. The minimum atomic E-state index is -0.652. The Labute approximate surface area is 527 Å². The Bertz CT molecular complexity index is 2410. The van der Waals surface area contributed by atoms with Crippen molar-refractivity contribution in [1.82, 2.24) is 0 Å². The van der Waals surface area contributed by atoms with Gasteiger partial charge in [0.2, 0.25) is 0 Å². The van der Waals surface area contributed by atoms with E-state index in [4.69, 9.17) is 0 Å². The lowest BCUT2D eigenvalue weighted by atomic mass is 9.68. The lowest BCUT2D eigenvalue weighted by Gasteiger charge is -2.37. The van der Waals surface area contributed by atoms with Crippen LogP contribution >= 0.6 is 0 Å². The van der Waals surface area contributed by atoms with Gasteiger partial charge in [-0.15, -0.1) is 0 Å². The third kappa shape index (κ3) is 17.5. The average molecular weight is 1230 g/mol. The highest BCUT2D eigenvalue weighted by Gasteiger charge is 2.36. The van der Waals surface area contributed by atoms with E-state index in [-0.39, 0.29) is 23.7 Å². The van der Waals surface area contributed by atoms with Gasteiger partial charge in [-0.2, -0.15) is 0 Å². The summed E-state index contributed by atoms with van der Waals surface area (Å²) in [6, 6.07) is 14.1. The minimum absolute atomic E-state index is 0.217. The molecule has 8 aliphatic rings. The summed E-state index contributed by atoms with van der Waals surface area (Å²) in [4.78, 5) is 0. The van der Waals surface area contributed by atoms with E-state index in [0.717, 1.165) is 122 Å². The van der Waals surface area contributed by atoms with E-state index in [1.807, 2.05) is 0 Å². The van der Waals surface area contributed by atoms with Crippen LogP contribution in [0.1, 0.15) is 301 Å². The summed E-state index contributed by atoms with van der Waals surface area (Å²) in [6.07, 6.45) is 39.8. The maximum absolute atomic E-state index is 14.2. The van der Waals surface area contributed by atoms with Gasteiger partial charge in [-0.1, -0.05) is 128 Å². The minimum Gasteiger partial charge on any atom is -0.203 e. The maximum atomic E-state index is 14.2. The molecule has 488 valence electrons. The van der Waals surface area contributed by atoms with Crippen LogP contribution in [0.4, 0.5) is 35.1 Å². The number of hydrogen-bond donors (Lipinski definition) is 0. The summed E-state index contributed by atoms with van der Waals surface area (Å²) in [5.41, 5.74) is 4.07. The molecule has 4 aromatic carbocycles. The number of aryl methyl sites for hydroxylation is 4. The largest absolute Gasteiger partial charge is 0.203 e. The molecule has 0 amide bonds. The topological polar surface area (TPSA) is 0 Å². The Morgan fingerprint density at radius 2 is 0.330 bits per heavy atom. The zero-order chi connectivity index (χ0) is 62.8. The van der Waals surface area contributed by atoms with E-state index >= 15 is 0 Å². The molecule has 8 saturated carbocycles. The van der Waals surface area contributed by atoms with Crippen molar-refractivity contribution in [2.75, 3.05) is 0 Å². The predicted octanol–water partition coefficient (Wildman–Crippen LogP) is 25.5. The second-order valence-corrected chi connectivity index (χ2v) is 30.9. The van der Waals surface area contributed by atoms with E-state index in [2.05, 4.69) is 27.7 Å². The van der Waals surface area contributed by atoms with E-state index in [1.165, 1.54) is 154 Å². The molecule has 0 aliphatic heterocycles. The van der Waals surface area contributed by atoms with Crippen LogP contribution in [0.25, 0.3) is 0 Å². The highest BCUT2D eigenvalue weighted by Crippen LogP contribution is 2.49. The first-order valence-electron chi connectivity index (χ1n) is 36.0. The van der Waals surface area contributed by atoms with Gasteiger partial charge >= 0.3 is 0 Å². The van der Waals surface area contributed by atoms with Crippen molar-refractivity contribution in [3.8, 4) is 0 Å². The van der Waals surface area contributed by atoms with Crippen molar-refractivity contribution in [1.29, 1.82) is 0 Å². The van der Waals surface area contributed by atoms with Crippen LogP contribution in [-0.4, -0.2) is 0 Å². The molecule has 0 N–H and O–H groups in total. The van der Waals surface area contributed by atoms with Crippen molar-refractivity contribution in [3.63, 3.8) is 0 Å². The van der Waals surface area contributed by atoms with Crippen molar-refractivity contribution < 1.29 is 35.1 Å². The molecule has 12 rings (SSSR count). The smallest absolute Gasteiger partial charge is 0.162 e. The fourth-order valence-corrected chi connectivity index (χ4v) is 18.5. The quantitative estimate of drug-likeness (QED) is 0.154. The van der Waals surface area contributed by atoms with E-state index < -0.39 is 46.5 Å². The number of hydrogen-bond acceptors (Lipinski definition) is 0. The van der Waals surface area contributed by atoms with Gasteiger partial charge in [-0.25, -0.2) is 35.1 Å². The summed E-state index contributed by atoms with van der Waals surface area (Å²) >= 11 is 0. The van der Waals surface area contributed by atoms with E-state index in [9.17, 15) is 35.1 Å². The molecule has 88 heavy (non-hydrogen) atoms. The maximum Gasteiger partial charge on any atom is 0.162 e. The summed E-state index contributed by atoms with van der Waals surface area (Å²) < 4.78 is 112. The molecule has 0 nitrogen and oxygen atoms in total. The molecule has 0 saturated heterocycles. The van der Waals surface area contributed by atoms with Gasteiger partial charge in [0.1, 0.15) is 0 Å². The van der Waals surface area contributed by atoms with Gasteiger partial charge in [-0.05, 0) is 321 Å². The molecule has 0 radical (unpaired) electrons. The van der Waals surface area contributed by atoms with E-state index in [0.29, 0.717) is 44.5 Å². The molecule has 0 heterocycles. The van der Waals surface area contributed by atoms with Crippen molar-refractivity contribution in [3.05, 3.63) is 140 Å². The lowest BCUT2D eigenvalue weighted by Crippen LogP contribution is -2.25. The Morgan fingerprint density at radius 1 is 0.193 bits per heavy atom. The van der Waals surface area contributed by atoms with Crippen molar-refractivity contribution in [2.45, 2.75) is 285 Å². The van der Waals surface area contributed by atoms with Gasteiger partial charge in [0, 0.05) is 0 Å². The Balaban J connectivity index is 0.000000140. The van der Waals surface area contributed by atoms with Crippen LogP contribution in [0, 0.1) is 145 Å². The van der Waals surface area contributed by atoms with Crippen molar-refractivity contribution >= 4 is 0 Å². The molecular weight excluding hydrogens is 1110 g/mol. The van der Waals surface area contributed by atoms with Gasteiger partial charge < -0.3 is 0 Å². The van der Waals surface area contributed by atoms with Crippen LogP contribution < -0.4 is 0 Å². The monoisotopic (exact) mass is 1220 g/mol. The Hall–Kier alpha value is -3.68. The highest BCUT2D eigenvalue weighted by molar-refractivity contribution is 5.32. The van der Waals surface area contributed by atoms with Crippen LogP contribution in [0.15, 0.2) is 48.5 Å².